The summed E-state index contributed by atoms with van der Waals surface area (Å²) in [6, 6.07) is 0. The van der Waals surface area contributed by atoms with Crippen LogP contribution in [-0.2, 0) is 11.8 Å². The number of esters is 1. The predicted molar refractivity (Wildman–Crippen MR) is 48.4 cm³/mol. The summed E-state index contributed by atoms with van der Waals surface area (Å²) >= 11 is 11.3. The second kappa shape index (κ2) is 3.47. The fourth-order valence-corrected chi connectivity index (χ4v) is 1.33. The number of hydrogen-bond acceptors (Lipinski definition) is 3. The Bertz CT molecular complexity index is 334. The Morgan fingerprint density at radius 2 is 2.08 bits per heavy atom. The molecular weight excluding hydrogens is 217 g/mol. The number of methoxy groups -OCH3 is 1. The number of ether oxygens (including phenoxy) is 1. The van der Waals surface area contributed by atoms with E-state index in [4.69, 9.17) is 23.2 Å². The zero-order valence-electron chi connectivity index (χ0n) is 6.97. The van der Waals surface area contributed by atoms with Crippen LogP contribution in [0.2, 0.25) is 10.2 Å². The normalized spacial score (nSPS) is 10.2. The first-order valence-electron chi connectivity index (χ1n) is 3.31. The first-order valence-corrected chi connectivity index (χ1v) is 4.07. The lowest BCUT2D eigenvalue weighted by molar-refractivity contribution is 0.0586. The van der Waals surface area contributed by atoms with Gasteiger partial charge in [-0.1, -0.05) is 23.2 Å². The van der Waals surface area contributed by atoms with Crippen LogP contribution in [0.15, 0.2) is 0 Å². The Labute approximate surface area is 84.6 Å². The molecule has 0 aliphatic carbocycles. The Morgan fingerprint density at radius 1 is 1.54 bits per heavy atom. The molecule has 1 rings (SSSR count). The fourth-order valence-electron chi connectivity index (χ4n) is 0.936. The Balaban J connectivity index is 3.37. The molecule has 1 N–H and O–H groups in total. The lowest BCUT2D eigenvalue weighted by Gasteiger charge is -2.01. The maximum Gasteiger partial charge on any atom is 0.358 e. The molecule has 0 atom stereocenters. The van der Waals surface area contributed by atoms with Gasteiger partial charge in [-0.05, 0) is 0 Å². The first kappa shape index (κ1) is 10.2. The van der Waals surface area contributed by atoms with Gasteiger partial charge in [0.05, 0.1) is 7.11 Å². The lowest BCUT2D eigenvalue weighted by atomic mass is 10.4. The predicted octanol–water partition coefficient (Wildman–Crippen LogP) is 1.82. The van der Waals surface area contributed by atoms with Gasteiger partial charge in [-0.25, -0.2) is 4.79 Å². The molecule has 0 unspecified atom stereocenters. The average molecular weight is 224 g/mol. The molecule has 1 heterocycles. The number of aromatic nitrogens is 1. The van der Waals surface area contributed by atoms with Gasteiger partial charge < -0.3 is 14.4 Å². The van der Waals surface area contributed by atoms with E-state index in [2.05, 4.69) is 4.74 Å². The number of carbonyl (C=O) groups excluding carboxylic acids is 1. The molecule has 0 fully saturated rings. The van der Waals surface area contributed by atoms with Crippen LogP contribution in [0.1, 0.15) is 10.5 Å². The average Bonchev–Trinajstić information content (AvgIpc) is 2.30. The third-order valence-corrected chi connectivity index (χ3v) is 2.52. The summed E-state index contributed by atoms with van der Waals surface area (Å²) in [4.78, 5) is 11.1. The van der Waals surface area contributed by atoms with E-state index >= 15 is 0 Å². The molecule has 4 nitrogen and oxygen atoms in total. The molecule has 0 saturated carbocycles. The number of hydrogen-bond donors (Lipinski definition) is 1. The van der Waals surface area contributed by atoms with E-state index in [0.717, 1.165) is 0 Å². The SMILES string of the molecule is COC(=O)c1c(O)c(Cl)c(Cl)n1C. The number of rotatable bonds is 1. The van der Waals surface area contributed by atoms with Gasteiger partial charge in [-0.2, -0.15) is 0 Å². The van der Waals surface area contributed by atoms with Crippen LogP contribution in [0.3, 0.4) is 0 Å². The van der Waals surface area contributed by atoms with Gasteiger partial charge in [0, 0.05) is 7.05 Å². The van der Waals surface area contributed by atoms with E-state index in [-0.39, 0.29) is 21.6 Å². The summed E-state index contributed by atoms with van der Waals surface area (Å²) in [5.74, 6) is -1.05. The Kier molecular flexibility index (Phi) is 2.73. The molecule has 0 aliphatic rings. The quantitative estimate of drug-likeness (QED) is 0.740. The summed E-state index contributed by atoms with van der Waals surface area (Å²) in [6.07, 6.45) is 0. The maximum absolute atomic E-state index is 11.1. The van der Waals surface area contributed by atoms with E-state index in [0.29, 0.717) is 0 Å². The highest BCUT2D eigenvalue weighted by Crippen LogP contribution is 2.36. The van der Waals surface area contributed by atoms with Gasteiger partial charge in [0.15, 0.2) is 11.4 Å². The smallest absolute Gasteiger partial charge is 0.358 e. The van der Waals surface area contributed by atoms with Crippen molar-refractivity contribution in [2.45, 2.75) is 0 Å². The second-order valence-corrected chi connectivity index (χ2v) is 3.09. The van der Waals surface area contributed by atoms with E-state index in [1.165, 1.54) is 18.7 Å². The van der Waals surface area contributed by atoms with Crippen LogP contribution in [-0.4, -0.2) is 22.8 Å². The van der Waals surface area contributed by atoms with Crippen LogP contribution >= 0.6 is 23.2 Å². The van der Waals surface area contributed by atoms with Crippen molar-refractivity contribution in [2.75, 3.05) is 7.11 Å². The Hall–Kier alpha value is -0.870. The van der Waals surface area contributed by atoms with E-state index in [1.807, 2.05) is 0 Å². The van der Waals surface area contributed by atoms with Gasteiger partial charge in [0.1, 0.15) is 10.2 Å². The van der Waals surface area contributed by atoms with E-state index in [1.54, 1.807) is 0 Å². The molecule has 1 aromatic rings. The van der Waals surface area contributed by atoms with Crippen molar-refractivity contribution >= 4 is 29.2 Å². The van der Waals surface area contributed by atoms with E-state index < -0.39 is 5.97 Å². The highest BCUT2D eigenvalue weighted by atomic mass is 35.5. The highest BCUT2D eigenvalue weighted by molar-refractivity contribution is 6.43. The molecule has 0 radical (unpaired) electrons. The van der Waals surface area contributed by atoms with Crippen LogP contribution in [0.25, 0.3) is 0 Å². The largest absolute Gasteiger partial charge is 0.504 e. The zero-order valence-corrected chi connectivity index (χ0v) is 8.48. The number of halogens is 2. The zero-order chi connectivity index (χ0) is 10.2. The highest BCUT2D eigenvalue weighted by Gasteiger charge is 2.23. The molecule has 0 amide bonds. The fraction of sp³-hybridized carbons (Fsp3) is 0.286. The molecule has 0 aromatic carbocycles. The summed E-state index contributed by atoms with van der Waals surface area (Å²) in [5.41, 5.74) is -0.0579. The Morgan fingerprint density at radius 3 is 2.38 bits per heavy atom. The van der Waals surface area contributed by atoms with E-state index in [9.17, 15) is 9.90 Å². The van der Waals surface area contributed by atoms with Crippen molar-refractivity contribution in [1.29, 1.82) is 0 Å². The van der Waals surface area contributed by atoms with Gasteiger partial charge in [0.2, 0.25) is 0 Å². The number of aromatic hydroxyl groups is 1. The first-order chi connectivity index (χ1) is 6.00. The number of nitrogens with zero attached hydrogens (tertiary/aromatic N) is 1. The summed E-state index contributed by atoms with van der Waals surface area (Å²) in [5, 5.41) is 9.41. The van der Waals surface area contributed by atoms with Crippen molar-refractivity contribution in [3.63, 3.8) is 0 Å². The van der Waals surface area contributed by atoms with Crippen molar-refractivity contribution < 1.29 is 14.6 Å². The summed E-state index contributed by atoms with van der Waals surface area (Å²) in [7, 11) is 2.71. The van der Waals surface area contributed by atoms with Gasteiger partial charge in [-0.15, -0.1) is 0 Å². The van der Waals surface area contributed by atoms with Crippen molar-refractivity contribution in [3.8, 4) is 5.75 Å². The lowest BCUT2D eigenvalue weighted by Crippen LogP contribution is -2.07. The topological polar surface area (TPSA) is 51.5 Å². The van der Waals surface area contributed by atoms with Gasteiger partial charge >= 0.3 is 5.97 Å². The molecule has 6 heteroatoms. The number of carbonyl (C=O) groups is 1. The minimum Gasteiger partial charge on any atom is -0.504 e. The molecule has 0 aliphatic heterocycles. The molecular formula is C7H7Cl2NO3. The van der Waals surface area contributed by atoms with Crippen molar-refractivity contribution in [3.05, 3.63) is 15.9 Å². The second-order valence-electron chi connectivity index (χ2n) is 2.35. The van der Waals surface area contributed by atoms with Gasteiger partial charge in [0.25, 0.3) is 0 Å². The van der Waals surface area contributed by atoms with Crippen LogP contribution in [0.4, 0.5) is 0 Å². The molecule has 13 heavy (non-hydrogen) atoms. The molecule has 0 bridgehead atoms. The van der Waals surface area contributed by atoms with Crippen LogP contribution < -0.4 is 0 Å². The summed E-state index contributed by atoms with van der Waals surface area (Å²) in [6.45, 7) is 0. The van der Waals surface area contributed by atoms with Crippen LogP contribution in [0.5, 0.6) is 5.75 Å². The monoisotopic (exact) mass is 223 g/mol. The van der Waals surface area contributed by atoms with Gasteiger partial charge in [-0.3, -0.25) is 0 Å². The molecule has 1 aromatic heterocycles. The van der Waals surface area contributed by atoms with Crippen molar-refractivity contribution in [2.24, 2.45) is 7.05 Å². The third-order valence-electron chi connectivity index (χ3n) is 1.62. The molecule has 0 spiro atoms. The molecule has 0 saturated heterocycles. The van der Waals surface area contributed by atoms with Crippen molar-refractivity contribution in [1.82, 2.24) is 4.57 Å². The summed E-state index contributed by atoms with van der Waals surface area (Å²) < 4.78 is 5.68. The molecule has 72 valence electrons. The minimum absolute atomic E-state index is 0.0513. The third kappa shape index (κ3) is 1.47. The standard InChI is InChI=1S/C7H7Cl2NO3/c1-10-4(7(12)13-2)5(11)3(8)6(10)9/h11H,1-2H3. The van der Waals surface area contributed by atoms with Crippen LogP contribution in [0, 0.1) is 0 Å². The minimum atomic E-state index is -0.686. The maximum atomic E-state index is 11.1.